The molecule has 0 heterocycles. The number of phenolic OH excluding ortho intramolecular Hbond substituents is 1. The number of phenols is 1. The average molecular weight is 837 g/mol. The van der Waals surface area contributed by atoms with E-state index >= 15 is 0 Å². The van der Waals surface area contributed by atoms with Gasteiger partial charge < -0.3 is 53.6 Å². The number of hydrogen-bond donors (Lipinski definition) is 10. The van der Waals surface area contributed by atoms with E-state index in [1.54, 1.807) is 70.2 Å². The highest BCUT2D eigenvalue weighted by Gasteiger charge is 2.40. The zero-order valence-corrected chi connectivity index (χ0v) is 34.8. The number of carbonyl (C=O) groups excluding carboxylic acids is 7. The van der Waals surface area contributed by atoms with Gasteiger partial charge in [-0.2, -0.15) is 0 Å². The average Bonchev–Trinajstić information content (AvgIpc) is 3.21. The van der Waals surface area contributed by atoms with E-state index in [0.717, 1.165) is 11.1 Å². The first-order valence-electron chi connectivity index (χ1n) is 20.2. The molecule has 8 atom stereocenters. The molecule has 18 heteroatoms. The van der Waals surface area contributed by atoms with E-state index in [-0.39, 0.29) is 37.4 Å². The normalized spacial score (nSPS) is 18.0. The van der Waals surface area contributed by atoms with Gasteiger partial charge in [0.05, 0.1) is 12.1 Å². The minimum atomic E-state index is -1.49. The fourth-order valence-corrected chi connectivity index (χ4v) is 6.75. The van der Waals surface area contributed by atoms with E-state index < -0.39 is 102 Å². The second-order valence-electron chi connectivity index (χ2n) is 15.7. The number of benzene rings is 2. The number of aromatic hydroxyl groups is 1. The van der Waals surface area contributed by atoms with E-state index in [9.17, 15) is 48.6 Å². The zero-order valence-electron chi connectivity index (χ0n) is 34.8. The van der Waals surface area contributed by atoms with Crippen LogP contribution in [0.1, 0.15) is 83.4 Å². The van der Waals surface area contributed by atoms with Crippen LogP contribution in [0.3, 0.4) is 0 Å². The van der Waals surface area contributed by atoms with Crippen molar-refractivity contribution in [3.8, 4) is 5.75 Å². The second kappa shape index (κ2) is 22.4. The Labute approximate surface area is 349 Å². The molecular weight excluding hydrogens is 777 g/mol. The highest BCUT2D eigenvalue weighted by Crippen LogP contribution is 2.30. The van der Waals surface area contributed by atoms with Crippen molar-refractivity contribution < 1.29 is 48.6 Å². The third-order valence-corrected chi connectivity index (χ3v) is 10.9. The number of aryl methyl sites for hydroxylation is 1. The van der Waals surface area contributed by atoms with Crippen LogP contribution in [0, 0.1) is 11.8 Å². The number of nitrogens with one attached hydrogen (secondary N) is 6. The smallest absolute Gasteiger partial charge is 0.303 e. The molecule has 2 aromatic rings. The number of carboxylic acid groups (broad SMARTS) is 1. The lowest BCUT2D eigenvalue weighted by molar-refractivity contribution is -0.139. The maximum Gasteiger partial charge on any atom is 0.303 e. The van der Waals surface area contributed by atoms with Gasteiger partial charge in [0.1, 0.15) is 36.0 Å². The number of hydrogen-bond acceptors (Lipinski definition) is 10. The molecule has 18 nitrogen and oxygen atoms in total. The molecule has 0 aromatic heterocycles. The van der Waals surface area contributed by atoms with Gasteiger partial charge in [-0.25, -0.2) is 0 Å². The summed E-state index contributed by atoms with van der Waals surface area (Å²) >= 11 is 0. The summed E-state index contributed by atoms with van der Waals surface area (Å²) in [4.78, 5) is 105. The Kier molecular flexibility index (Phi) is 18.0. The van der Waals surface area contributed by atoms with Crippen molar-refractivity contribution in [2.75, 3.05) is 6.54 Å². The minimum absolute atomic E-state index is 0.0521. The first kappa shape index (κ1) is 48.3. The van der Waals surface area contributed by atoms with E-state index in [2.05, 4.69) is 31.9 Å². The Balaban J connectivity index is 1.82. The van der Waals surface area contributed by atoms with Crippen LogP contribution in [0.25, 0.3) is 0 Å². The molecule has 328 valence electrons. The molecule has 7 amide bonds. The summed E-state index contributed by atoms with van der Waals surface area (Å²) < 4.78 is 0. The molecule has 1 aliphatic carbocycles. The molecule has 0 unspecified atom stereocenters. The number of amides is 7. The number of rotatable bonds is 22. The Bertz CT molecular complexity index is 1880. The summed E-state index contributed by atoms with van der Waals surface area (Å²) in [7, 11) is 0. The lowest BCUT2D eigenvalue weighted by Gasteiger charge is -2.34. The van der Waals surface area contributed by atoms with Crippen molar-refractivity contribution in [2.24, 2.45) is 23.3 Å². The van der Waals surface area contributed by atoms with Crippen LogP contribution >= 0.6 is 0 Å². The summed E-state index contributed by atoms with van der Waals surface area (Å²) in [5.41, 5.74) is 12.7. The van der Waals surface area contributed by atoms with Gasteiger partial charge in [-0.1, -0.05) is 76.9 Å². The Morgan fingerprint density at radius 2 is 1.32 bits per heavy atom. The van der Waals surface area contributed by atoms with Gasteiger partial charge >= 0.3 is 5.97 Å². The van der Waals surface area contributed by atoms with Gasteiger partial charge in [0.25, 0.3) is 0 Å². The van der Waals surface area contributed by atoms with Gasteiger partial charge in [-0.15, -0.1) is 0 Å². The first-order valence-corrected chi connectivity index (χ1v) is 20.2. The van der Waals surface area contributed by atoms with Crippen LogP contribution < -0.4 is 43.4 Å². The van der Waals surface area contributed by atoms with Crippen LogP contribution in [-0.2, 0) is 57.6 Å². The summed E-state index contributed by atoms with van der Waals surface area (Å²) in [5, 5.41) is 34.9. The number of fused-ring (bicyclic) bond motifs is 1. The molecule has 0 saturated heterocycles. The molecule has 0 radical (unpaired) electrons. The van der Waals surface area contributed by atoms with Crippen molar-refractivity contribution in [2.45, 2.75) is 122 Å². The molecule has 3 rings (SSSR count). The van der Waals surface area contributed by atoms with Crippen molar-refractivity contribution in [1.82, 2.24) is 31.9 Å². The highest BCUT2D eigenvalue weighted by atomic mass is 16.4. The molecule has 12 N–H and O–H groups in total. The van der Waals surface area contributed by atoms with Crippen LogP contribution in [0.2, 0.25) is 0 Å². The van der Waals surface area contributed by atoms with Crippen LogP contribution in [0.15, 0.2) is 48.5 Å². The summed E-state index contributed by atoms with van der Waals surface area (Å²) in [6.07, 6.45) is 0.755. The SMILES string of the molecule is CC[C@H](C)[C@H](NC(=O)[C@H](CCC(=O)O)NC(=O)[C@H](Cc1ccccc1)NC(=O)[C@@H](C)NC(=O)[C@@]1(N)CCc2cc(O)ccc2C1)C(=O)N[C@H](C(=O)NCC(N)=O)[C@@H](C)CC. The fourth-order valence-electron chi connectivity index (χ4n) is 6.75. The van der Waals surface area contributed by atoms with Gasteiger partial charge in [0, 0.05) is 12.8 Å². The quantitative estimate of drug-likeness (QED) is 0.0742. The highest BCUT2D eigenvalue weighted by molar-refractivity contribution is 5.97. The lowest BCUT2D eigenvalue weighted by Crippen LogP contribution is -2.62. The summed E-state index contributed by atoms with van der Waals surface area (Å²) in [6.45, 7) is 7.98. The maximum atomic E-state index is 14.0. The largest absolute Gasteiger partial charge is 0.508 e. The van der Waals surface area contributed by atoms with Crippen molar-refractivity contribution in [3.63, 3.8) is 0 Å². The van der Waals surface area contributed by atoms with Crippen LogP contribution in [-0.4, -0.2) is 99.8 Å². The van der Waals surface area contributed by atoms with E-state index in [4.69, 9.17) is 11.5 Å². The molecule has 0 spiro atoms. The van der Waals surface area contributed by atoms with Crippen molar-refractivity contribution in [3.05, 3.63) is 65.2 Å². The lowest BCUT2D eigenvalue weighted by atomic mass is 9.78. The topological polar surface area (TPSA) is 301 Å². The molecule has 0 saturated carbocycles. The molecule has 1 aliphatic rings. The number of carboxylic acids is 1. The second-order valence-corrected chi connectivity index (χ2v) is 15.7. The first-order chi connectivity index (χ1) is 28.3. The maximum absolute atomic E-state index is 14.0. The standard InChI is InChI=1S/C42H60N8O10/c1-6-23(3)34(39(58)45-22-32(43)52)50-40(59)35(24(4)7-2)49-37(56)30(15-16-33(53)54)47-38(57)31(19-26-11-9-8-10-12-26)48-36(55)25(5)46-41(60)42(44)18-17-27-20-29(51)14-13-28(27)21-42/h8-14,20,23-25,30-31,34-35,51H,6-7,15-19,21-22,44H2,1-5H3,(H2,43,52)(H,45,58)(H,46,60)(H,47,57)(H,48,55)(H,49,56)(H,50,59)(H,53,54)/t23-,24-,25+,30-,31-,34-,35-,42+/m0/s1. The third kappa shape index (κ3) is 14.1. The molecule has 0 aliphatic heterocycles. The van der Waals surface area contributed by atoms with Crippen LogP contribution in [0.4, 0.5) is 0 Å². The van der Waals surface area contributed by atoms with Gasteiger partial charge in [-0.05, 0) is 73.3 Å². The van der Waals surface area contributed by atoms with Crippen molar-refractivity contribution >= 4 is 47.3 Å². The fraction of sp³-hybridized carbons (Fsp3) is 0.524. The molecular formula is C42H60N8O10. The van der Waals surface area contributed by atoms with Crippen LogP contribution in [0.5, 0.6) is 5.75 Å². The summed E-state index contributed by atoms with van der Waals surface area (Å²) in [5.74, 6) is -7.23. The Morgan fingerprint density at radius 3 is 1.92 bits per heavy atom. The molecule has 2 aromatic carbocycles. The Morgan fingerprint density at radius 1 is 0.733 bits per heavy atom. The Hall–Kier alpha value is -6.04. The van der Waals surface area contributed by atoms with E-state index in [1.165, 1.54) is 13.0 Å². The van der Waals surface area contributed by atoms with Gasteiger partial charge in [0.2, 0.25) is 41.4 Å². The zero-order chi connectivity index (χ0) is 44.7. The van der Waals surface area contributed by atoms with E-state index in [1.807, 2.05) is 0 Å². The predicted molar refractivity (Wildman–Crippen MR) is 221 cm³/mol. The van der Waals surface area contributed by atoms with Crippen molar-refractivity contribution in [1.29, 1.82) is 0 Å². The number of carbonyl (C=O) groups is 8. The number of nitrogens with two attached hydrogens (primary N) is 2. The van der Waals surface area contributed by atoms with E-state index in [0.29, 0.717) is 24.8 Å². The predicted octanol–water partition coefficient (Wildman–Crippen LogP) is -0.176. The molecule has 0 fully saturated rings. The third-order valence-electron chi connectivity index (χ3n) is 10.9. The molecule has 60 heavy (non-hydrogen) atoms. The van der Waals surface area contributed by atoms with Gasteiger partial charge in [-0.3, -0.25) is 38.4 Å². The minimum Gasteiger partial charge on any atom is -0.508 e. The monoisotopic (exact) mass is 836 g/mol. The number of aliphatic carboxylic acids is 1. The number of primary amides is 1. The molecule has 0 bridgehead atoms. The summed E-state index contributed by atoms with van der Waals surface area (Å²) in [6, 6.07) is 7.22. The van der Waals surface area contributed by atoms with Gasteiger partial charge in [0.15, 0.2) is 0 Å².